The number of rotatable bonds is 5. The fraction of sp³-hybridized carbons (Fsp3) is 0.500. The lowest BCUT2D eigenvalue weighted by molar-refractivity contribution is -0.175. The smallest absolute Gasteiger partial charge is 0.362 e. The van der Waals surface area contributed by atoms with Crippen molar-refractivity contribution in [2.75, 3.05) is 13.2 Å². The summed E-state index contributed by atoms with van der Waals surface area (Å²) < 4.78 is 39.3. The van der Waals surface area contributed by atoms with Crippen LogP contribution >= 0.6 is 11.3 Å². The van der Waals surface area contributed by atoms with Crippen molar-refractivity contribution in [1.29, 1.82) is 0 Å². The summed E-state index contributed by atoms with van der Waals surface area (Å²) in [5.74, 6) is -0.555. The molecule has 0 aromatic carbocycles. The first-order valence-electron chi connectivity index (χ1n) is 4.83. The molecule has 0 unspecified atom stereocenters. The Morgan fingerprint density at radius 3 is 2.71 bits per heavy atom. The minimum atomic E-state index is -4.40. The van der Waals surface area contributed by atoms with Gasteiger partial charge < -0.3 is 10.1 Å². The quantitative estimate of drug-likeness (QED) is 0.888. The summed E-state index contributed by atoms with van der Waals surface area (Å²) in [6, 6.07) is 3.77. The molecule has 0 atom stereocenters. The lowest BCUT2D eigenvalue weighted by Crippen LogP contribution is -2.29. The SMILES string of the molecule is Cc1ccc(CNC(=O)COCC(F)(F)F)s1. The van der Waals surface area contributed by atoms with Crippen molar-refractivity contribution < 1.29 is 22.7 Å². The summed E-state index contributed by atoms with van der Waals surface area (Å²) in [4.78, 5) is 13.2. The van der Waals surface area contributed by atoms with E-state index in [1.807, 2.05) is 19.1 Å². The molecule has 0 aliphatic heterocycles. The Balaban J connectivity index is 2.18. The van der Waals surface area contributed by atoms with Crippen LogP contribution in [0.1, 0.15) is 9.75 Å². The third-order valence-electron chi connectivity index (χ3n) is 1.75. The van der Waals surface area contributed by atoms with Gasteiger partial charge in [0.2, 0.25) is 5.91 Å². The van der Waals surface area contributed by atoms with Gasteiger partial charge in [0.25, 0.3) is 0 Å². The van der Waals surface area contributed by atoms with Crippen LogP contribution in [-0.4, -0.2) is 25.3 Å². The molecule has 1 aromatic rings. The number of hydrogen-bond acceptors (Lipinski definition) is 3. The molecule has 0 aliphatic carbocycles. The van der Waals surface area contributed by atoms with E-state index >= 15 is 0 Å². The van der Waals surface area contributed by atoms with Gasteiger partial charge in [-0.25, -0.2) is 0 Å². The second-order valence-electron chi connectivity index (χ2n) is 3.40. The highest BCUT2D eigenvalue weighted by molar-refractivity contribution is 7.11. The monoisotopic (exact) mass is 267 g/mol. The lowest BCUT2D eigenvalue weighted by atomic mass is 10.4. The van der Waals surface area contributed by atoms with Crippen LogP contribution in [-0.2, 0) is 16.1 Å². The van der Waals surface area contributed by atoms with E-state index in [9.17, 15) is 18.0 Å². The number of amides is 1. The normalized spacial score (nSPS) is 11.5. The summed E-state index contributed by atoms with van der Waals surface area (Å²) >= 11 is 1.52. The van der Waals surface area contributed by atoms with E-state index < -0.39 is 25.3 Å². The van der Waals surface area contributed by atoms with E-state index in [1.54, 1.807) is 0 Å². The molecule has 0 radical (unpaired) electrons. The Morgan fingerprint density at radius 2 is 2.18 bits per heavy atom. The number of nitrogens with one attached hydrogen (secondary N) is 1. The fourth-order valence-electron chi connectivity index (χ4n) is 1.08. The number of thiophene rings is 1. The first kappa shape index (κ1) is 14.0. The predicted octanol–water partition coefficient (Wildman–Crippen LogP) is 2.25. The van der Waals surface area contributed by atoms with Crippen molar-refractivity contribution in [2.45, 2.75) is 19.6 Å². The molecule has 0 spiro atoms. The zero-order valence-electron chi connectivity index (χ0n) is 9.13. The van der Waals surface area contributed by atoms with Crippen molar-refractivity contribution in [3.05, 3.63) is 21.9 Å². The number of carbonyl (C=O) groups is 1. The van der Waals surface area contributed by atoms with Gasteiger partial charge in [-0.2, -0.15) is 13.2 Å². The van der Waals surface area contributed by atoms with Crippen LogP contribution in [0.25, 0.3) is 0 Å². The van der Waals surface area contributed by atoms with Crippen molar-refractivity contribution in [3.8, 4) is 0 Å². The highest BCUT2D eigenvalue weighted by atomic mass is 32.1. The number of carbonyl (C=O) groups excluding carboxylic acids is 1. The molecule has 0 aliphatic rings. The zero-order chi connectivity index (χ0) is 12.9. The van der Waals surface area contributed by atoms with E-state index in [4.69, 9.17) is 0 Å². The molecule has 17 heavy (non-hydrogen) atoms. The highest BCUT2D eigenvalue weighted by Crippen LogP contribution is 2.15. The van der Waals surface area contributed by atoms with Crippen molar-refractivity contribution in [2.24, 2.45) is 0 Å². The van der Waals surface area contributed by atoms with E-state index in [2.05, 4.69) is 10.1 Å². The van der Waals surface area contributed by atoms with E-state index in [0.29, 0.717) is 6.54 Å². The van der Waals surface area contributed by atoms with Gasteiger partial charge in [0.1, 0.15) is 13.2 Å². The molecule has 1 N–H and O–H groups in total. The second kappa shape index (κ2) is 6.02. The van der Waals surface area contributed by atoms with Crippen molar-refractivity contribution in [3.63, 3.8) is 0 Å². The molecular formula is C10H12F3NO2S. The van der Waals surface area contributed by atoms with Gasteiger partial charge in [0, 0.05) is 9.75 Å². The molecule has 96 valence electrons. The first-order valence-corrected chi connectivity index (χ1v) is 5.65. The van der Waals surface area contributed by atoms with Crippen LogP contribution in [0.4, 0.5) is 13.2 Å². The molecular weight excluding hydrogens is 255 g/mol. The topological polar surface area (TPSA) is 38.3 Å². The zero-order valence-corrected chi connectivity index (χ0v) is 9.95. The average molecular weight is 267 g/mol. The van der Waals surface area contributed by atoms with Gasteiger partial charge in [-0.15, -0.1) is 11.3 Å². The Kier molecular flexibility index (Phi) is 4.95. The van der Waals surface area contributed by atoms with Crippen LogP contribution in [0.15, 0.2) is 12.1 Å². The van der Waals surface area contributed by atoms with Crippen LogP contribution in [0, 0.1) is 6.92 Å². The summed E-state index contributed by atoms with van der Waals surface area (Å²) in [5, 5.41) is 2.48. The maximum atomic E-state index is 11.7. The van der Waals surface area contributed by atoms with E-state index in [1.165, 1.54) is 11.3 Å². The Morgan fingerprint density at radius 1 is 1.47 bits per heavy atom. The molecule has 1 heterocycles. The molecule has 0 fully saturated rings. The molecule has 1 amide bonds. The minimum Gasteiger partial charge on any atom is -0.362 e. The lowest BCUT2D eigenvalue weighted by Gasteiger charge is -2.07. The van der Waals surface area contributed by atoms with Crippen molar-refractivity contribution in [1.82, 2.24) is 5.32 Å². The van der Waals surface area contributed by atoms with Crippen LogP contribution in [0.2, 0.25) is 0 Å². The maximum absolute atomic E-state index is 11.7. The van der Waals surface area contributed by atoms with Gasteiger partial charge in [0.15, 0.2) is 0 Å². The van der Waals surface area contributed by atoms with Gasteiger partial charge in [0.05, 0.1) is 6.54 Å². The molecule has 1 rings (SSSR count). The number of aryl methyl sites for hydroxylation is 1. The van der Waals surface area contributed by atoms with E-state index in [0.717, 1.165) is 9.75 Å². The number of ether oxygens (including phenoxy) is 1. The van der Waals surface area contributed by atoms with Crippen molar-refractivity contribution >= 4 is 17.2 Å². The van der Waals surface area contributed by atoms with Gasteiger partial charge in [-0.1, -0.05) is 0 Å². The second-order valence-corrected chi connectivity index (χ2v) is 4.77. The van der Waals surface area contributed by atoms with E-state index in [-0.39, 0.29) is 0 Å². The first-order chi connectivity index (χ1) is 7.87. The Labute approximate surface area is 101 Å². The summed E-state index contributed by atoms with van der Waals surface area (Å²) in [6.45, 7) is 0.261. The molecule has 0 saturated carbocycles. The molecule has 7 heteroatoms. The number of hydrogen-bond donors (Lipinski definition) is 1. The predicted molar refractivity (Wildman–Crippen MR) is 57.8 cm³/mol. The van der Waals surface area contributed by atoms with Crippen LogP contribution in [0.5, 0.6) is 0 Å². The Hall–Kier alpha value is -1.08. The summed E-state index contributed by atoms with van der Waals surface area (Å²) in [5.41, 5.74) is 0. The highest BCUT2D eigenvalue weighted by Gasteiger charge is 2.27. The molecule has 0 bridgehead atoms. The summed E-state index contributed by atoms with van der Waals surface area (Å²) in [6.07, 6.45) is -4.40. The Bertz CT molecular complexity index is 376. The third kappa shape index (κ3) is 6.28. The standard InChI is InChI=1S/C10H12F3NO2S/c1-7-2-3-8(17-7)4-14-9(15)5-16-6-10(11,12)13/h2-3H,4-6H2,1H3,(H,14,15). The fourth-order valence-corrected chi connectivity index (χ4v) is 1.91. The largest absolute Gasteiger partial charge is 0.411 e. The average Bonchev–Trinajstić information content (AvgIpc) is 2.59. The molecule has 3 nitrogen and oxygen atoms in total. The van der Waals surface area contributed by atoms with Gasteiger partial charge in [-0.05, 0) is 19.1 Å². The third-order valence-corrected chi connectivity index (χ3v) is 2.76. The minimum absolute atomic E-state index is 0.312. The number of alkyl halides is 3. The van der Waals surface area contributed by atoms with Gasteiger partial charge >= 0.3 is 6.18 Å². The molecule has 0 saturated heterocycles. The van der Waals surface area contributed by atoms with Gasteiger partial charge in [-0.3, -0.25) is 4.79 Å². The van der Waals surface area contributed by atoms with Crippen LogP contribution < -0.4 is 5.32 Å². The van der Waals surface area contributed by atoms with Crippen LogP contribution in [0.3, 0.4) is 0 Å². The molecule has 1 aromatic heterocycles. The number of halogens is 3. The summed E-state index contributed by atoms with van der Waals surface area (Å²) in [7, 11) is 0. The maximum Gasteiger partial charge on any atom is 0.411 e.